The minimum absolute atomic E-state index is 0.179. The van der Waals surface area contributed by atoms with Gasteiger partial charge >= 0.3 is 0 Å². The van der Waals surface area contributed by atoms with E-state index in [-0.39, 0.29) is 6.04 Å². The van der Waals surface area contributed by atoms with Gasteiger partial charge in [-0.3, -0.25) is 4.98 Å². The van der Waals surface area contributed by atoms with Crippen LogP contribution < -0.4 is 5.32 Å². The quantitative estimate of drug-likeness (QED) is 0.877. The van der Waals surface area contributed by atoms with Crippen molar-refractivity contribution in [1.29, 1.82) is 0 Å². The highest BCUT2D eigenvalue weighted by Gasteiger charge is 2.17. The second-order valence-corrected chi connectivity index (χ2v) is 4.28. The maximum absolute atomic E-state index is 5.54. The van der Waals surface area contributed by atoms with Crippen molar-refractivity contribution < 1.29 is 4.42 Å². The summed E-state index contributed by atoms with van der Waals surface area (Å²) in [6, 6.07) is 6.22. The van der Waals surface area contributed by atoms with Gasteiger partial charge in [0.1, 0.15) is 5.76 Å². The first kappa shape index (κ1) is 11.9. The summed E-state index contributed by atoms with van der Waals surface area (Å²) in [6.07, 6.45) is 4.42. The highest BCUT2D eigenvalue weighted by Crippen LogP contribution is 2.22. The lowest BCUT2D eigenvalue weighted by Gasteiger charge is -2.15. The van der Waals surface area contributed by atoms with E-state index in [1.54, 1.807) is 6.26 Å². The number of hydrogen-bond acceptors (Lipinski definition) is 3. The van der Waals surface area contributed by atoms with Crippen LogP contribution in [-0.2, 0) is 6.42 Å². The van der Waals surface area contributed by atoms with Gasteiger partial charge in [0, 0.05) is 18.3 Å². The van der Waals surface area contributed by atoms with Crippen LogP contribution in [0, 0.1) is 13.8 Å². The van der Waals surface area contributed by atoms with Crippen molar-refractivity contribution >= 4 is 0 Å². The van der Waals surface area contributed by atoms with E-state index in [4.69, 9.17) is 4.42 Å². The van der Waals surface area contributed by atoms with E-state index in [0.717, 1.165) is 17.9 Å². The van der Waals surface area contributed by atoms with E-state index in [0.29, 0.717) is 0 Å². The van der Waals surface area contributed by atoms with Gasteiger partial charge in [-0.2, -0.15) is 0 Å². The minimum Gasteiger partial charge on any atom is -0.467 e. The second-order valence-electron chi connectivity index (χ2n) is 4.28. The molecular weight excluding hydrogens is 212 g/mol. The third-order valence-corrected chi connectivity index (χ3v) is 3.08. The van der Waals surface area contributed by atoms with Crippen molar-refractivity contribution in [3.8, 4) is 0 Å². The fourth-order valence-electron chi connectivity index (χ4n) is 1.99. The van der Waals surface area contributed by atoms with Crippen molar-refractivity contribution in [1.82, 2.24) is 10.3 Å². The normalized spacial score (nSPS) is 12.6. The van der Waals surface area contributed by atoms with Crippen molar-refractivity contribution in [2.45, 2.75) is 26.3 Å². The van der Waals surface area contributed by atoms with Gasteiger partial charge in [-0.1, -0.05) is 6.07 Å². The Morgan fingerprint density at radius 2 is 2.12 bits per heavy atom. The summed E-state index contributed by atoms with van der Waals surface area (Å²) in [5.41, 5.74) is 3.51. The van der Waals surface area contributed by atoms with E-state index in [1.165, 1.54) is 11.1 Å². The van der Waals surface area contributed by atoms with Gasteiger partial charge < -0.3 is 9.73 Å². The Kier molecular flexibility index (Phi) is 3.59. The van der Waals surface area contributed by atoms with Crippen molar-refractivity contribution in [2.24, 2.45) is 0 Å². The molecule has 0 aromatic carbocycles. The molecule has 0 bridgehead atoms. The molecule has 2 rings (SSSR count). The average Bonchev–Trinajstić information content (AvgIpc) is 2.75. The van der Waals surface area contributed by atoms with Gasteiger partial charge in [0.2, 0.25) is 0 Å². The summed E-state index contributed by atoms with van der Waals surface area (Å²) in [5, 5.41) is 3.29. The lowest BCUT2D eigenvalue weighted by molar-refractivity contribution is 0.424. The van der Waals surface area contributed by atoms with Gasteiger partial charge in [0.05, 0.1) is 12.3 Å². The fraction of sp³-hybridized carbons (Fsp3) is 0.357. The highest BCUT2D eigenvalue weighted by atomic mass is 16.3. The largest absolute Gasteiger partial charge is 0.467 e. The fourth-order valence-corrected chi connectivity index (χ4v) is 1.99. The lowest BCUT2D eigenvalue weighted by atomic mass is 10.0. The Bertz CT molecular complexity index is 490. The van der Waals surface area contributed by atoms with Crippen molar-refractivity contribution in [3.05, 3.63) is 53.2 Å². The van der Waals surface area contributed by atoms with E-state index >= 15 is 0 Å². The van der Waals surface area contributed by atoms with Gasteiger partial charge in [-0.25, -0.2) is 0 Å². The molecule has 0 aliphatic heterocycles. The van der Waals surface area contributed by atoms with Crippen LogP contribution in [0.15, 0.2) is 35.1 Å². The van der Waals surface area contributed by atoms with Gasteiger partial charge in [0.25, 0.3) is 0 Å². The van der Waals surface area contributed by atoms with Crippen LogP contribution in [0.1, 0.15) is 28.6 Å². The van der Waals surface area contributed by atoms with Crippen molar-refractivity contribution in [2.75, 3.05) is 7.05 Å². The third kappa shape index (κ3) is 2.56. The number of hydrogen-bond donors (Lipinski definition) is 1. The zero-order chi connectivity index (χ0) is 12.3. The number of aryl methyl sites for hydroxylation is 2. The number of nitrogens with zero attached hydrogens (tertiary/aromatic N) is 1. The number of likely N-dealkylation sites (N-methyl/N-ethyl adjacent to an activating group) is 1. The minimum atomic E-state index is 0.179. The van der Waals surface area contributed by atoms with E-state index in [9.17, 15) is 0 Å². The molecule has 0 amide bonds. The number of pyridine rings is 1. The monoisotopic (exact) mass is 230 g/mol. The summed E-state index contributed by atoms with van der Waals surface area (Å²) < 4.78 is 5.54. The number of furan rings is 1. The molecule has 2 aromatic heterocycles. The predicted octanol–water partition coefficient (Wildman–Crippen LogP) is 2.79. The molecule has 1 unspecified atom stereocenters. The van der Waals surface area contributed by atoms with Crippen LogP contribution in [0.25, 0.3) is 0 Å². The third-order valence-electron chi connectivity index (χ3n) is 3.08. The molecule has 17 heavy (non-hydrogen) atoms. The van der Waals surface area contributed by atoms with E-state index < -0.39 is 0 Å². The Balaban J connectivity index is 2.22. The molecule has 0 fully saturated rings. The molecule has 0 saturated carbocycles. The Hall–Kier alpha value is -1.61. The molecule has 0 aliphatic rings. The molecule has 0 spiro atoms. The first-order chi connectivity index (χ1) is 8.22. The smallest absolute Gasteiger partial charge is 0.123 e. The predicted molar refractivity (Wildman–Crippen MR) is 67.9 cm³/mol. The molecule has 3 heteroatoms. The Labute approximate surface area is 102 Å². The Morgan fingerprint density at radius 1 is 1.29 bits per heavy atom. The van der Waals surface area contributed by atoms with Crippen LogP contribution in [0.5, 0.6) is 0 Å². The molecule has 2 heterocycles. The van der Waals surface area contributed by atoms with Crippen LogP contribution in [0.3, 0.4) is 0 Å². The van der Waals surface area contributed by atoms with Crippen LogP contribution in [0.4, 0.5) is 0 Å². The van der Waals surface area contributed by atoms with Crippen LogP contribution >= 0.6 is 0 Å². The van der Waals surface area contributed by atoms with Crippen LogP contribution in [-0.4, -0.2) is 12.0 Å². The molecule has 0 saturated heterocycles. The van der Waals surface area contributed by atoms with Gasteiger partial charge in [-0.05, 0) is 44.2 Å². The first-order valence-electron chi connectivity index (χ1n) is 5.84. The van der Waals surface area contributed by atoms with Gasteiger partial charge in [-0.15, -0.1) is 0 Å². The highest BCUT2D eigenvalue weighted by molar-refractivity contribution is 5.23. The maximum Gasteiger partial charge on any atom is 0.123 e. The zero-order valence-electron chi connectivity index (χ0n) is 10.5. The molecule has 1 atom stereocenters. The summed E-state index contributed by atoms with van der Waals surface area (Å²) in [5.74, 6) is 0.998. The van der Waals surface area contributed by atoms with E-state index in [1.807, 2.05) is 25.4 Å². The van der Waals surface area contributed by atoms with Crippen molar-refractivity contribution in [3.63, 3.8) is 0 Å². The number of rotatable bonds is 4. The summed E-state index contributed by atoms with van der Waals surface area (Å²) in [7, 11) is 1.95. The average molecular weight is 230 g/mol. The molecule has 3 nitrogen and oxygen atoms in total. The molecule has 0 radical (unpaired) electrons. The topological polar surface area (TPSA) is 38.1 Å². The Morgan fingerprint density at radius 3 is 2.71 bits per heavy atom. The van der Waals surface area contributed by atoms with Gasteiger partial charge in [0.15, 0.2) is 0 Å². The first-order valence-corrected chi connectivity index (χ1v) is 5.84. The molecule has 90 valence electrons. The molecule has 1 N–H and O–H groups in total. The number of nitrogens with one attached hydrogen (secondary N) is 1. The lowest BCUT2D eigenvalue weighted by Crippen LogP contribution is -2.20. The number of aromatic nitrogens is 1. The summed E-state index contributed by atoms with van der Waals surface area (Å²) >= 11 is 0. The van der Waals surface area contributed by atoms with E-state index in [2.05, 4.69) is 30.2 Å². The standard InChI is InChI=1S/C14H18N2O/c1-10-5-4-7-16-12(10)9-13(15-3)14-11(2)6-8-17-14/h4-8,13,15H,9H2,1-3H3. The summed E-state index contributed by atoms with van der Waals surface area (Å²) in [6.45, 7) is 4.15. The zero-order valence-corrected chi connectivity index (χ0v) is 10.5. The molecule has 0 aliphatic carbocycles. The SMILES string of the molecule is CNC(Cc1ncccc1C)c1occc1C. The molecular formula is C14H18N2O. The maximum atomic E-state index is 5.54. The second kappa shape index (κ2) is 5.15. The molecule has 2 aromatic rings. The summed E-state index contributed by atoms with van der Waals surface area (Å²) in [4.78, 5) is 4.42. The van der Waals surface area contributed by atoms with Crippen LogP contribution in [0.2, 0.25) is 0 Å².